The number of carbonyl (C=O) groups excluding carboxylic acids is 2. The van der Waals surface area contributed by atoms with Crippen LogP contribution in [0, 0.1) is 22.6 Å². The number of carbonyl (C=O) groups is 2. The van der Waals surface area contributed by atoms with Gasteiger partial charge in [0.15, 0.2) is 0 Å². The lowest BCUT2D eigenvalue weighted by atomic mass is 9.68. The van der Waals surface area contributed by atoms with Gasteiger partial charge in [0.25, 0.3) is 5.91 Å². The number of hydrogen-bond acceptors (Lipinski definition) is 2. The normalized spacial score (nSPS) is 29.3. The van der Waals surface area contributed by atoms with Crippen LogP contribution in [0.15, 0.2) is 36.4 Å². The zero-order valence-corrected chi connectivity index (χ0v) is 16.1. The van der Waals surface area contributed by atoms with Crippen molar-refractivity contribution >= 4 is 11.8 Å². The maximum absolute atomic E-state index is 13.4. The smallest absolute Gasteiger partial charge is 0.254 e. The van der Waals surface area contributed by atoms with E-state index in [1.165, 1.54) is 12.1 Å². The first-order valence-electron chi connectivity index (χ1n) is 9.80. The van der Waals surface area contributed by atoms with Crippen LogP contribution >= 0.6 is 0 Å². The fourth-order valence-corrected chi connectivity index (χ4v) is 5.34. The molecule has 4 nitrogen and oxygen atoms in total. The van der Waals surface area contributed by atoms with Gasteiger partial charge in [-0.25, -0.2) is 4.39 Å². The first-order chi connectivity index (χ1) is 12.8. The van der Waals surface area contributed by atoms with Gasteiger partial charge >= 0.3 is 0 Å². The van der Waals surface area contributed by atoms with Crippen LogP contribution in [0.1, 0.15) is 43.5 Å². The topological polar surface area (TPSA) is 40.6 Å². The minimum Gasteiger partial charge on any atom is -0.338 e. The first-order valence-corrected chi connectivity index (χ1v) is 9.80. The Bertz CT molecular complexity index is 810. The van der Waals surface area contributed by atoms with Gasteiger partial charge in [0.1, 0.15) is 5.82 Å². The van der Waals surface area contributed by atoms with Crippen molar-refractivity contribution in [2.75, 3.05) is 26.2 Å². The molecule has 1 aromatic carbocycles. The van der Waals surface area contributed by atoms with Crippen molar-refractivity contribution in [1.82, 2.24) is 9.80 Å². The molecule has 0 N–H and O–H groups in total. The molecular weight excluding hydrogens is 343 g/mol. The molecular formula is C22H27FN2O2. The summed E-state index contributed by atoms with van der Waals surface area (Å²) < 4.78 is 13.4. The molecule has 1 heterocycles. The zero-order chi connectivity index (χ0) is 19.4. The van der Waals surface area contributed by atoms with Crippen LogP contribution in [0.25, 0.3) is 0 Å². The monoisotopic (exact) mass is 370 g/mol. The maximum Gasteiger partial charge on any atom is 0.254 e. The van der Waals surface area contributed by atoms with Crippen LogP contribution in [0.3, 0.4) is 0 Å². The fraction of sp³-hybridized carbons (Fsp3) is 0.545. The Kier molecular flexibility index (Phi) is 4.17. The number of amides is 2. The predicted molar refractivity (Wildman–Crippen MR) is 102 cm³/mol. The van der Waals surface area contributed by atoms with Crippen molar-refractivity contribution in [3.63, 3.8) is 0 Å². The van der Waals surface area contributed by atoms with Crippen molar-refractivity contribution in [2.24, 2.45) is 16.7 Å². The van der Waals surface area contributed by atoms with Gasteiger partial charge in [0.2, 0.25) is 5.91 Å². The van der Waals surface area contributed by atoms with Crippen LogP contribution in [-0.2, 0) is 4.79 Å². The van der Waals surface area contributed by atoms with E-state index in [1.807, 2.05) is 4.90 Å². The number of fused-ring (bicyclic) bond motifs is 2. The molecule has 2 amide bonds. The minimum absolute atomic E-state index is 0.0308. The second-order valence-electron chi connectivity index (χ2n) is 8.82. The summed E-state index contributed by atoms with van der Waals surface area (Å²) in [7, 11) is 0. The summed E-state index contributed by atoms with van der Waals surface area (Å²) in [5.74, 6) is 0.155. The second-order valence-corrected chi connectivity index (χ2v) is 8.82. The molecule has 0 radical (unpaired) electrons. The van der Waals surface area contributed by atoms with E-state index in [0.717, 1.165) is 24.8 Å². The third kappa shape index (κ3) is 2.70. The number of rotatable bonds is 2. The van der Waals surface area contributed by atoms with Crippen LogP contribution in [0.5, 0.6) is 0 Å². The van der Waals surface area contributed by atoms with Crippen LogP contribution < -0.4 is 0 Å². The van der Waals surface area contributed by atoms with E-state index in [4.69, 9.17) is 0 Å². The van der Waals surface area contributed by atoms with Crippen molar-refractivity contribution in [2.45, 2.75) is 33.1 Å². The molecule has 3 aliphatic rings. The molecule has 4 rings (SSSR count). The lowest BCUT2D eigenvalue weighted by Gasteiger charge is -2.42. The van der Waals surface area contributed by atoms with Crippen LogP contribution in [0.2, 0.25) is 0 Å². The third-order valence-corrected chi connectivity index (χ3v) is 7.23. The molecule has 0 spiro atoms. The highest BCUT2D eigenvalue weighted by Crippen LogP contribution is 2.65. The molecule has 5 heteroatoms. The Morgan fingerprint density at radius 3 is 2.41 bits per heavy atom. The van der Waals surface area contributed by atoms with Gasteiger partial charge in [0, 0.05) is 31.7 Å². The molecule has 0 aromatic heterocycles. The number of benzene rings is 1. The predicted octanol–water partition coefficient (Wildman–Crippen LogP) is 3.49. The number of piperazine rings is 1. The maximum atomic E-state index is 13.4. The first kappa shape index (κ1) is 18.2. The van der Waals surface area contributed by atoms with Gasteiger partial charge in [-0.3, -0.25) is 9.59 Å². The van der Waals surface area contributed by atoms with Gasteiger partial charge in [-0.2, -0.15) is 0 Å². The third-order valence-electron chi connectivity index (χ3n) is 7.23. The van der Waals surface area contributed by atoms with E-state index in [9.17, 15) is 14.0 Å². The second kappa shape index (κ2) is 6.18. The molecule has 27 heavy (non-hydrogen) atoms. The molecule has 2 saturated carbocycles. The fourth-order valence-electron chi connectivity index (χ4n) is 5.34. The van der Waals surface area contributed by atoms with Crippen LogP contribution in [-0.4, -0.2) is 47.8 Å². The minimum atomic E-state index is -0.410. The summed E-state index contributed by atoms with van der Waals surface area (Å²) in [5, 5.41) is 0. The molecule has 3 fully saturated rings. The SMILES string of the molecule is C=C1C(C)(C)[C@@H]2CC[C@@]1(C(=O)N1CCN(C(=O)c3cccc(F)c3)CC1)C2. The summed E-state index contributed by atoms with van der Waals surface area (Å²) in [4.78, 5) is 29.6. The van der Waals surface area contributed by atoms with E-state index in [1.54, 1.807) is 17.0 Å². The Morgan fingerprint density at radius 1 is 1.15 bits per heavy atom. The van der Waals surface area contributed by atoms with Gasteiger partial charge < -0.3 is 9.80 Å². The van der Waals surface area contributed by atoms with Crippen molar-refractivity contribution in [3.8, 4) is 0 Å². The summed E-state index contributed by atoms with van der Waals surface area (Å²) in [6.45, 7) is 10.8. The highest BCUT2D eigenvalue weighted by molar-refractivity contribution is 5.94. The molecule has 1 aromatic rings. The summed E-state index contributed by atoms with van der Waals surface area (Å²) in [6, 6.07) is 5.77. The average Bonchev–Trinajstić information content (AvgIpc) is 3.20. The van der Waals surface area contributed by atoms with Crippen molar-refractivity contribution < 1.29 is 14.0 Å². The number of halogens is 1. The summed E-state index contributed by atoms with van der Waals surface area (Å²) >= 11 is 0. The van der Waals surface area contributed by atoms with Gasteiger partial charge in [-0.15, -0.1) is 0 Å². The summed E-state index contributed by atoms with van der Waals surface area (Å²) in [6.07, 6.45) is 2.91. The highest BCUT2D eigenvalue weighted by Gasteiger charge is 2.61. The Labute approximate surface area is 160 Å². The van der Waals surface area contributed by atoms with E-state index in [2.05, 4.69) is 20.4 Å². The lowest BCUT2D eigenvalue weighted by Crippen LogP contribution is -2.54. The van der Waals surface area contributed by atoms with Crippen LogP contribution in [0.4, 0.5) is 4.39 Å². The Morgan fingerprint density at radius 2 is 1.81 bits per heavy atom. The quantitative estimate of drug-likeness (QED) is 0.748. The largest absolute Gasteiger partial charge is 0.338 e. The van der Waals surface area contributed by atoms with Gasteiger partial charge in [-0.05, 0) is 48.8 Å². The zero-order valence-electron chi connectivity index (χ0n) is 16.1. The molecule has 2 atom stereocenters. The highest BCUT2D eigenvalue weighted by atomic mass is 19.1. The Hall–Kier alpha value is -2.17. The number of hydrogen-bond donors (Lipinski definition) is 0. The van der Waals surface area contributed by atoms with Crippen molar-refractivity contribution in [3.05, 3.63) is 47.8 Å². The molecule has 1 saturated heterocycles. The van der Waals surface area contributed by atoms with Gasteiger partial charge in [0.05, 0.1) is 5.41 Å². The average molecular weight is 370 g/mol. The van der Waals surface area contributed by atoms with Crippen molar-refractivity contribution in [1.29, 1.82) is 0 Å². The van der Waals surface area contributed by atoms with E-state index in [0.29, 0.717) is 37.7 Å². The summed E-state index contributed by atoms with van der Waals surface area (Å²) in [5.41, 5.74) is 1.08. The standard InChI is InChI=1S/C22H27FN2O2/c1-15-21(2,3)17-7-8-22(15,14-17)20(27)25-11-9-24(10-12-25)19(26)16-5-4-6-18(23)13-16/h4-6,13,17H,1,7-12,14H2,2-3H3/t17-,22-/m1/s1. The molecule has 2 bridgehead atoms. The molecule has 1 aliphatic heterocycles. The molecule has 144 valence electrons. The van der Waals surface area contributed by atoms with Gasteiger partial charge in [-0.1, -0.05) is 32.1 Å². The molecule has 2 aliphatic carbocycles. The lowest BCUT2D eigenvalue weighted by molar-refractivity contribution is -0.141. The Balaban J connectivity index is 1.43. The van der Waals surface area contributed by atoms with E-state index in [-0.39, 0.29) is 17.2 Å². The molecule has 0 unspecified atom stereocenters. The van der Waals surface area contributed by atoms with E-state index >= 15 is 0 Å². The number of nitrogens with zero attached hydrogens (tertiary/aromatic N) is 2. The van der Waals surface area contributed by atoms with E-state index < -0.39 is 11.2 Å².